The molecule has 0 unspecified atom stereocenters. The summed E-state index contributed by atoms with van der Waals surface area (Å²) in [4.78, 5) is 23.7. The summed E-state index contributed by atoms with van der Waals surface area (Å²) in [7, 11) is 1.60. The molecule has 0 N–H and O–H groups in total. The van der Waals surface area contributed by atoms with Gasteiger partial charge in [-0.1, -0.05) is 24.3 Å². The number of aryl methyl sites for hydroxylation is 1. The number of hydrogen-bond acceptors (Lipinski definition) is 3. The molecule has 22 heavy (non-hydrogen) atoms. The summed E-state index contributed by atoms with van der Waals surface area (Å²) in [5.74, 6) is -1.35. The number of carbonyl (C=O) groups excluding carboxylic acids is 1. The number of rotatable bonds is 4. The van der Waals surface area contributed by atoms with Crippen LogP contribution >= 0.6 is 0 Å². The summed E-state index contributed by atoms with van der Waals surface area (Å²) < 4.78 is 13.3. The van der Waals surface area contributed by atoms with E-state index in [2.05, 4.69) is 0 Å². The van der Waals surface area contributed by atoms with Crippen molar-refractivity contribution >= 4 is 11.6 Å². The number of benzene rings is 2. The molecule has 114 valence electrons. The Labute approximate surface area is 127 Å². The predicted octanol–water partition coefficient (Wildman–Crippen LogP) is 3.31. The summed E-state index contributed by atoms with van der Waals surface area (Å²) in [6, 6.07) is 10.8. The highest BCUT2D eigenvalue weighted by Gasteiger charge is 2.19. The van der Waals surface area contributed by atoms with Crippen LogP contribution in [0.4, 0.5) is 10.1 Å². The van der Waals surface area contributed by atoms with E-state index in [0.717, 1.165) is 23.3 Å². The molecule has 2 rings (SSSR count). The van der Waals surface area contributed by atoms with Gasteiger partial charge in [-0.2, -0.15) is 4.39 Å². The second-order valence-corrected chi connectivity index (χ2v) is 5.01. The molecule has 1 amide bonds. The lowest BCUT2D eigenvalue weighted by Gasteiger charge is -2.18. The average molecular weight is 302 g/mol. The second kappa shape index (κ2) is 6.34. The monoisotopic (exact) mass is 302 g/mol. The van der Waals surface area contributed by atoms with Crippen molar-refractivity contribution in [3.8, 4) is 0 Å². The van der Waals surface area contributed by atoms with Crippen LogP contribution in [-0.2, 0) is 6.54 Å². The minimum atomic E-state index is -0.955. The van der Waals surface area contributed by atoms with Crippen LogP contribution in [0.15, 0.2) is 42.5 Å². The van der Waals surface area contributed by atoms with Gasteiger partial charge in [0.1, 0.15) is 0 Å². The van der Waals surface area contributed by atoms with Crippen LogP contribution in [0.5, 0.6) is 0 Å². The zero-order valence-corrected chi connectivity index (χ0v) is 12.2. The Morgan fingerprint density at radius 3 is 2.59 bits per heavy atom. The molecule has 0 atom stereocenters. The summed E-state index contributed by atoms with van der Waals surface area (Å²) in [5, 5.41) is 10.7. The number of nitro benzene ring substituents is 1. The van der Waals surface area contributed by atoms with E-state index in [1.54, 1.807) is 7.05 Å². The van der Waals surface area contributed by atoms with E-state index < -0.39 is 22.3 Å². The minimum Gasteiger partial charge on any atom is -0.337 e. The molecule has 0 bridgehead atoms. The first-order chi connectivity index (χ1) is 10.4. The van der Waals surface area contributed by atoms with Gasteiger partial charge in [0.15, 0.2) is 0 Å². The van der Waals surface area contributed by atoms with E-state index in [9.17, 15) is 19.3 Å². The fourth-order valence-corrected chi connectivity index (χ4v) is 2.12. The fraction of sp³-hybridized carbons (Fsp3) is 0.188. The molecule has 0 spiro atoms. The molecule has 0 aliphatic carbocycles. The van der Waals surface area contributed by atoms with Crippen molar-refractivity contribution in [1.29, 1.82) is 0 Å². The number of amides is 1. The van der Waals surface area contributed by atoms with Crippen molar-refractivity contribution in [1.82, 2.24) is 4.90 Å². The normalized spacial score (nSPS) is 10.3. The Bertz CT molecular complexity index is 731. The van der Waals surface area contributed by atoms with Crippen molar-refractivity contribution in [2.24, 2.45) is 0 Å². The summed E-state index contributed by atoms with van der Waals surface area (Å²) in [5.41, 5.74) is 1.42. The van der Waals surface area contributed by atoms with Crippen molar-refractivity contribution in [3.63, 3.8) is 0 Å². The lowest BCUT2D eigenvalue weighted by molar-refractivity contribution is -0.387. The third-order valence-electron chi connectivity index (χ3n) is 3.41. The highest BCUT2D eigenvalue weighted by Crippen LogP contribution is 2.20. The molecule has 0 saturated heterocycles. The fourth-order valence-electron chi connectivity index (χ4n) is 2.12. The second-order valence-electron chi connectivity index (χ2n) is 5.01. The molecule has 0 aliphatic rings. The Morgan fingerprint density at radius 1 is 1.27 bits per heavy atom. The maximum atomic E-state index is 13.3. The molecular weight excluding hydrogens is 287 g/mol. The molecule has 0 fully saturated rings. The van der Waals surface area contributed by atoms with E-state index in [4.69, 9.17) is 0 Å². The third-order valence-corrected chi connectivity index (χ3v) is 3.41. The molecule has 2 aromatic carbocycles. The van der Waals surface area contributed by atoms with Crippen molar-refractivity contribution in [3.05, 3.63) is 75.1 Å². The van der Waals surface area contributed by atoms with E-state index in [0.29, 0.717) is 6.54 Å². The Kier molecular flexibility index (Phi) is 4.50. The SMILES string of the molecule is Cc1ccccc1CN(C)C(=O)c1ccc(F)c([N+](=O)[O-])c1. The molecule has 0 aromatic heterocycles. The average Bonchev–Trinajstić information content (AvgIpc) is 2.49. The first kappa shape index (κ1) is 15.6. The highest BCUT2D eigenvalue weighted by molar-refractivity contribution is 5.94. The summed E-state index contributed by atoms with van der Waals surface area (Å²) >= 11 is 0. The standard InChI is InChI=1S/C16H15FN2O3/c1-11-5-3-4-6-13(11)10-18(2)16(20)12-7-8-14(17)15(9-12)19(21)22/h3-9H,10H2,1-2H3. The lowest BCUT2D eigenvalue weighted by atomic mass is 10.1. The van der Waals surface area contributed by atoms with E-state index in [1.165, 1.54) is 11.0 Å². The van der Waals surface area contributed by atoms with Crippen molar-refractivity contribution in [2.75, 3.05) is 7.05 Å². The van der Waals surface area contributed by atoms with Gasteiger partial charge in [0.2, 0.25) is 5.82 Å². The Morgan fingerprint density at radius 2 is 1.95 bits per heavy atom. The van der Waals surface area contributed by atoms with E-state index in [1.807, 2.05) is 31.2 Å². The molecule has 6 heteroatoms. The van der Waals surface area contributed by atoms with Gasteiger partial charge in [0.25, 0.3) is 5.91 Å². The number of carbonyl (C=O) groups is 1. The molecule has 0 saturated carbocycles. The minimum absolute atomic E-state index is 0.0872. The number of nitrogens with zero attached hydrogens (tertiary/aromatic N) is 2. The van der Waals surface area contributed by atoms with Crippen LogP contribution in [0.1, 0.15) is 21.5 Å². The molecule has 5 nitrogen and oxygen atoms in total. The van der Waals surface area contributed by atoms with Gasteiger partial charge in [0.05, 0.1) is 4.92 Å². The summed E-state index contributed by atoms with van der Waals surface area (Å²) in [6.45, 7) is 2.31. The van der Waals surface area contributed by atoms with Crippen LogP contribution in [0.3, 0.4) is 0 Å². The van der Waals surface area contributed by atoms with Crippen LogP contribution in [0.2, 0.25) is 0 Å². The quantitative estimate of drug-likeness (QED) is 0.643. The van der Waals surface area contributed by atoms with Gasteiger partial charge in [-0.05, 0) is 30.2 Å². The van der Waals surface area contributed by atoms with Gasteiger partial charge in [-0.3, -0.25) is 14.9 Å². The maximum absolute atomic E-state index is 13.3. The maximum Gasteiger partial charge on any atom is 0.305 e. The molecule has 0 radical (unpaired) electrons. The van der Waals surface area contributed by atoms with Gasteiger partial charge >= 0.3 is 5.69 Å². The number of halogens is 1. The predicted molar refractivity (Wildman–Crippen MR) is 80.0 cm³/mol. The zero-order chi connectivity index (χ0) is 16.3. The van der Waals surface area contributed by atoms with Gasteiger partial charge in [-0.25, -0.2) is 0 Å². The first-order valence-electron chi connectivity index (χ1n) is 6.64. The molecule has 0 aliphatic heterocycles. The van der Waals surface area contributed by atoms with Gasteiger partial charge < -0.3 is 4.90 Å². The van der Waals surface area contributed by atoms with Crippen LogP contribution in [0.25, 0.3) is 0 Å². The smallest absolute Gasteiger partial charge is 0.305 e. The largest absolute Gasteiger partial charge is 0.337 e. The lowest BCUT2D eigenvalue weighted by Crippen LogP contribution is -2.26. The van der Waals surface area contributed by atoms with E-state index in [-0.39, 0.29) is 5.56 Å². The Balaban J connectivity index is 2.23. The summed E-state index contributed by atoms with van der Waals surface area (Å²) in [6.07, 6.45) is 0. The number of nitro groups is 1. The van der Waals surface area contributed by atoms with Crippen molar-refractivity contribution < 1.29 is 14.1 Å². The third kappa shape index (κ3) is 3.28. The Hall–Kier alpha value is -2.76. The zero-order valence-electron chi connectivity index (χ0n) is 12.2. The molecule has 2 aromatic rings. The van der Waals surface area contributed by atoms with Gasteiger partial charge in [0, 0.05) is 25.2 Å². The highest BCUT2D eigenvalue weighted by atomic mass is 19.1. The topological polar surface area (TPSA) is 63.5 Å². The van der Waals surface area contributed by atoms with Crippen LogP contribution in [-0.4, -0.2) is 22.8 Å². The molecule has 0 heterocycles. The van der Waals surface area contributed by atoms with Crippen molar-refractivity contribution in [2.45, 2.75) is 13.5 Å². The first-order valence-corrected chi connectivity index (χ1v) is 6.64. The molecular formula is C16H15FN2O3. The van der Waals surface area contributed by atoms with E-state index >= 15 is 0 Å². The van der Waals surface area contributed by atoms with Crippen LogP contribution < -0.4 is 0 Å². The van der Waals surface area contributed by atoms with Gasteiger partial charge in [-0.15, -0.1) is 0 Å². The van der Waals surface area contributed by atoms with Crippen LogP contribution in [0, 0.1) is 22.9 Å². The number of hydrogen-bond donors (Lipinski definition) is 0.